The summed E-state index contributed by atoms with van der Waals surface area (Å²) in [5.41, 5.74) is 0. The molecule has 0 saturated heterocycles. The van der Waals surface area contributed by atoms with Crippen molar-refractivity contribution in [2.45, 2.75) is 62.4 Å². The number of nitrogens with one attached hydrogen (secondary N) is 2. The van der Waals surface area contributed by atoms with E-state index in [1.54, 1.807) is 6.92 Å². The molecule has 1 heterocycles. The van der Waals surface area contributed by atoms with Crippen LogP contribution in [-0.4, -0.2) is 39.0 Å². The average Bonchev–Trinajstić information content (AvgIpc) is 2.88. The van der Waals surface area contributed by atoms with Crippen molar-refractivity contribution in [1.82, 2.24) is 25.4 Å². The maximum Gasteiger partial charge on any atom is 0.321 e. The van der Waals surface area contributed by atoms with Crippen LogP contribution in [0.15, 0.2) is 5.16 Å². The predicted octanol–water partition coefficient (Wildman–Crippen LogP) is 2.03. The maximum atomic E-state index is 12.0. The van der Waals surface area contributed by atoms with E-state index < -0.39 is 11.3 Å². The molecule has 1 unspecified atom stereocenters. The number of aromatic nitrogens is 3. The van der Waals surface area contributed by atoms with Crippen molar-refractivity contribution in [3.63, 3.8) is 0 Å². The lowest BCUT2D eigenvalue weighted by Crippen LogP contribution is -2.41. The molecule has 1 saturated carbocycles. The summed E-state index contributed by atoms with van der Waals surface area (Å²) in [5, 5.41) is 13.4. The lowest BCUT2D eigenvalue weighted by Gasteiger charge is -2.25. The van der Waals surface area contributed by atoms with Gasteiger partial charge in [0, 0.05) is 13.1 Å². The molecule has 1 atom stereocenters. The summed E-state index contributed by atoms with van der Waals surface area (Å²) in [6.07, 6.45) is 5.99. The van der Waals surface area contributed by atoms with Crippen LogP contribution in [0, 0.1) is 6.92 Å². The number of amides is 3. The molecule has 3 amide bonds. The van der Waals surface area contributed by atoms with Crippen molar-refractivity contribution in [3.8, 4) is 0 Å². The van der Waals surface area contributed by atoms with Crippen LogP contribution in [0.5, 0.6) is 0 Å². The molecule has 0 aliphatic heterocycles. The highest BCUT2D eigenvalue weighted by atomic mass is 32.2. The highest BCUT2D eigenvalue weighted by Crippen LogP contribution is 2.33. The van der Waals surface area contributed by atoms with Gasteiger partial charge in [0.25, 0.3) is 0 Å². The zero-order chi connectivity index (χ0) is 16.1. The summed E-state index contributed by atoms with van der Waals surface area (Å²) in [6, 6.07) is -0.0807. The molecule has 1 aromatic heterocycles. The molecule has 0 bridgehead atoms. The minimum Gasteiger partial charge on any atom is -0.341 e. The lowest BCUT2D eigenvalue weighted by atomic mass is 9.95. The molecule has 1 aromatic rings. The molecule has 0 spiro atoms. The van der Waals surface area contributed by atoms with E-state index in [-0.39, 0.29) is 5.91 Å². The zero-order valence-electron chi connectivity index (χ0n) is 13.3. The molecule has 0 radical (unpaired) electrons. The van der Waals surface area contributed by atoms with Crippen LogP contribution >= 0.6 is 11.8 Å². The topological polar surface area (TPSA) is 88.9 Å². The highest BCUT2D eigenvalue weighted by molar-refractivity contribution is 8.00. The largest absolute Gasteiger partial charge is 0.341 e. The minimum absolute atomic E-state index is 0.333. The van der Waals surface area contributed by atoms with Gasteiger partial charge < -0.3 is 9.88 Å². The van der Waals surface area contributed by atoms with Gasteiger partial charge in [-0.05, 0) is 26.7 Å². The first-order chi connectivity index (χ1) is 10.5. The van der Waals surface area contributed by atoms with Crippen molar-refractivity contribution in [2.75, 3.05) is 7.05 Å². The first kappa shape index (κ1) is 16.8. The summed E-state index contributed by atoms with van der Waals surface area (Å²) >= 11 is 1.34. The van der Waals surface area contributed by atoms with Gasteiger partial charge in [0.1, 0.15) is 5.82 Å². The first-order valence-corrected chi connectivity index (χ1v) is 8.51. The highest BCUT2D eigenvalue weighted by Gasteiger charge is 2.24. The molecule has 22 heavy (non-hydrogen) atoms. The van der Waals surface area contributed by atoms with Gasteiger partial charge in [-0.2, -0.15) is 0 Å². The van der Waals surface area contributed by atoms with Crippen molar-refractivity contribution in [2.24, 2.45) is 0 Å². The van der Waals surface area contributed by atoms with Gasteiger partial charge in [0.05, 0.1) is 5.25 Å². The summed E-state index contributed by atoms with van der Waals surface area (Å²) in [7, 11) is 1.48. The Morgan fingerprint density at radius 1 is 1.27 bits per heavy atom. The number of urea groups is 1. The second-order valence-electron chi connectivity index (χ2n) is 5.52. The van der Waals surface area contributed by atoms with E-state index >= 15 is 0 Å². The Morgan fingerprint density at radius 3 is 2.59 bits per heavy atom. The van der Waals surface area contributed by atoms with Gasteiger partial charge in [0.15, 0.2) is 5.16 Å². The van der Waals surface area contributed by atoms with E-state index in [1.807, 2.05) is 6.92 Å². The molecule has 2 rings (SSSR count). The molecule has 1 aliphatic carbocycles. The van der Waals surface area contributed by atoms with Crippen LogP contribution < -0.4 is 10.6 Å². The minimum atomic E-state index is -0.498. The molecular formula is C14H23N5O2S. The molecule has 122 valence electrons. The number of nitrogens with zero attached hydrogens (tertiary/aromatic N) is 3. The zero-order valence-corrected chi connectivity index (χ0v) is 14.1. The predicted molar refractivity (Wildman–Crippen MR) is 84.8 cm³/mol. The fourth-order valence-electron chi connectivity index (χ4n) is 2.68. The molecule has 2 N–H and O–H groups in total. The lowest BCUT2D eigenvalue weighted by molar-refractivity contribution is -0.119. The number of imide groups is 1. The van der Waals surface area contributed by atoms with Crippen LogP contribution in [0.3, 0.4) is 0 Å². The Bertz CT molecular complexity index is 539. The van der Waals surface area contributed by atoms with Crippen LogP contribution in [0.2, 0.25) is 0 Å². The van der Waals surface area contributed by atoms with Crippen molar-refractivity contribution in [1.29, 1.82) is 0 Å². The van der Waals surface area contributed by atoms with Crippen LogP contribution in [0.25, 0.3) is 0 Å². The Balaban J connectivity index is 2.06. The van der Waals surface area contributed by atoms with Gasteiger partial charge in [0.2, 0.25) is 5.91 Å². The normalized spacial score (nSPS) is 17.0. The van der Waals surface area contributed by atoms with E-state index in [9.17, 15) is 9.59 Å². The Hall–Kier alpha value is -1.57. The SMILES string of the molecule is CNC(=O)NC(=O)C(C)Sc1nnc(C)n1C1CCCCC1. The van der Waals surface area contributed by atoms with Crippen molar-refractivity contribution >= 4 is 23.7 Å². The molecule has 7 nitrogen and oxygen atoms in total. The van der Waals surface area contributed by atoms with Crippen molar-refractivity contribution < 1.29 is 9.59 Å². The quantitative estimate of drug-likeness (QED) is 0.827. The number of hydrogen-bond donors (Lipinski definition) is 2. The molecule has 8 heteroatoms. The second kappa shape index (κ2) is 7.62. The van der Waals surface area contributed by atoms with Gasteiger partial charge in [-0.25, -0.2) is 4.79 Å². The molecule has 1 aliphatic rings. The fraction of sp³-hybridized carbons (Fsp3) is 0.714. The average molecular weight is 325 g/mol. The second-order valence-corrected chi connectivity index (χ2v) is 6.83. The fourth-order valence-corrected chi connectivity index (χ4v) is 3.64. The summed E-state index contributed by atoms with van der Waals surface area (Å²) in [4.78, 5) is 23.2. The van der Waals surface area contributed by atoms with E-state index in [0.29, 0.717) is 6.04 Å². The third kappa shape index (κ3) is 4.00. The van der Waals surface area contributed by atoms with E-state index in [4.69, 9.17) is 0 Å². The standard InChI is InChI=1S/C14H23N5O2S/c1-9(12(20)16-13(21)15-3)22-14-18-17-10(2)19(14)11-7-5-4-6-8-11/h9,11H,4-8H2,1-3H3,(H2,15,16,20,21). The van der Waals surface area contributed by atoms with E-state index in [1.165, 1.54) is 38.1 Å². The van der Waals surface area contributed by atoms with E-state index in [2.05, 4.69) is 25.4 Å². The Kier molecular flexibility index (Phi) is 5.82. The molecular weight excluding hydrogens is 302 g/mol. The number of aryl methyl sites for hydroxylation is 1. The maximum absolute atomic E-state index is 12.0. The van der Waals surface area contributed by atoms with Gasteiger partial charge >= 0.3 is 6.03 Å². The van der Waals surface area contributed by atoms with Gasteiger partial charge in [-0.3, -0.25) is 10.1 Å². The number of hydrogen-bond acceptors (Lipinski definition) is 5. The third-order valence-corrected chi connectivity index (χ3v) is 4.95. The number of carbonyl (C=O) groups is 2. The van der Waals surface area contributed by atoms with E-state index in [0.717, 1.165) is 23.8 Å². The van der Waals surface area contributed by atoms with Gasteiger partial charge in [-0.15, -0.1) is 10.2 Å². The van der Waals surface area contributed by atoms with Crippen LogP contribution in [0.1, 0.15) is 50.9 Å². The summed E-state index contributed by atoms with van der Waals surface area (Å²) in [6.45, 7) is 3.71. The molecule has 1 fully saturated rings. The number of rotatable bonds is 4. The number of carbonyl (C=O) groups excluding carboxylic acids is 2. The monoisotopic (exact) mass is 325 g/mol. The Morgan fingerprint density at radius 2 is 1.95 bits per heavy atom. The summed E-state index contributed by atoms with van der Waals surface area (Å²) in [5.74, 6) is 0.550. The van der Waals surface area contributed by atoms with Crippen LogP contribution in [-0.2, 0) is 4.79 Å². The smallest absolute Gasteiger partial charge is 0.321 e. The number of thioether (sulfide) groups is 1. The van der Waals surface area contributed by atoms with Crippen molar-refractivity contribution in [3.05, 3.63) is 5.82 Å². The van der Waals surface area contributed by atoms with Crippen LogP contribution in [0.4, 0.5) is 4.79 Å². The summed E-state index contributed by atoms with van der Waals surface area (Å²) < 4.78 is 2.15. The Labute approximate surface area is 134 Å². The molecule has 0 aromatic carbocycles. The van der Waals surface area contributed by atoms with Gasteiger partial charge in [-0.1, -0.05) is 31.0 Å². The first-order valence-electron chi connectivity index (χ1n) is 7.63. The third-order valence-electron chi connectivity index (χ3n) is 3.89.